The number of benzene rings is 1. The number of rotatable bonds is 4. The number of nitrogens with two attached hydrogens (primary N) is 1. The lowest BCUT2D eigenvalue weighted by molar-refractivity contribution is 0.179. The topological polar surface area (TPSA) is 29.3 Å². The van der Waals surface area contributed by atoms with Gasteiger partial charge in [0.05, 0.1) is 0 Å². The van der Waals surface area contributed by atoms with E-state index in [9.17, 15) is 0 Å². The van der Waals surface area contributed by atoms with E-state index in [-0.39, 0.29) is 12.1 Å². The lowest BCUT2D eigenvalue weighted by Crippen LogP contribution is -2.40. The molecule has 0 spiro atoms. The number of likely N-dealkylation sites (tertiary alicyclic amines) is 1. The van der Waals surface area contributed by atoms with Crippen LogP contribution in [0.5, 0.6) is 0 Å². The first-order chi connectivity index (χ1) is 9.99. The molecule has 0 bridgehead atoms. The molecule has 1 aliphatic rings. The van der Waals surface area contributed by atoms with Gasteiger partial charge in [0, 0.05) is 17.1 Å². The van der Waals surface area contributed by atoms with E-state index in [1.54, 1.807) is 0 Å². The molecule has 2 nitrogen and oxygen atoms in total. The summed E-state index contributed by atoms with van der Waals surface area (Å²) < 4.78 is 0. The Morgan fingerprint density at radius 3 is 2.57 bits per heavy atom. The predicted octanol–water partition coefficient (Wildman–Crippen LogP) is 4.49. The molecule has 1 aromatic rings. The summed E-state index contributed by atoms with van der Waals surface area (Å²) in [5.41, 5.74) is 7.56. The maximum Gasteiger partial charge on any atom is 0.0496 e. The van der Waals surface area contributed by atoms with Crippen LogP contribution in [0, 0.1) is 11.8 Å². The maximum absolute atomic E-state index is 6.31. The van der Waals surface area contributed by atoms with Crippen molar-refractivity contribution in [3.05, 3.63) is 34.9 Å². The van der Waals surface area contributed by atoms with Gasteiger partial charge in [0.2, 0.25) is 0 Å². The van der Waals surface area contributed by atoms with Gasteiger partial charge in [-0.25, -0.2) is 0 Å². The van der Waals surface area contributed by atoms with Gasteiger partial charge in [0.1, 0.15) is 0 Å². The summed E-state index contributed by atoms with van der Waals surface area (Å²) in [7, 11) is 0. The Hall–Kier alpha value is -0.570. The molecule has 3 heteroatoms. The van der Waals surface area contributed by atoms with Crippen molar-refractivity contribution in [1.29, 1.82) is 0 Å². The summed E-state index contributed by atoms with van der Waals surface area (Å²) in [5, 5.41) is 0.799. The fourth-order valence-electron chi connectivity index (χ4n) is 3.63. The molecule has 1 aromatic carbocycles. The summed E-state index contributed by atoms with van der Waals surface area (Å²) in [6.07, 6.45) is 3.89. The third-order valence-electron chi connectivity index (χ3n) is 4.83. The molecule has 0 aliphatic carbocycles. The van der Waals surface area contributed by atoms with Crippen LogP contribution in [-0.2, 0) is 0 Å². The largest absolute Gasteiger partial charge is 0.326 e. The molecule has 3 atom stereocenters. The Balaban J connectivity index is 2.15. The highest BCUT2D eigenvalue weighted by atomic mass is 35.5. The fraction of sp³-hybridized carbons (Fsp3) is 0.667. The van der Waals surface area contributed by atoms with E-state index >= 15 is 0 Å². The second kappa shape index (κ2) is 7.62. The molecule has 1 saturated heterocycles. The van der Waals surface area contributed by atoms with E-state index in [4.69, 9.17) is 17.3 Å². The first-order valence-corrected chi connectivity index (χ1v) is 8.62. The quantitative estimate of drug-likeness (QED) is 0.888. The predicted molar refractivity (Wildman–Crippen MR) is 91.6 cm³/mol. The molecule has 1 heterocycles. The zero-order valence-electron chi connectivity index (χ0n) is 13.6. The number of hydrogen-bond donors (Lipinski definition) is 1. The van der Waals surface area contributed by atoms with E-state index < -0.39 is 0 Å². The Morgan fingerprint density at radius 2 is 1.95 bits per heavy atom. The van der Waals surface area contributed by atoms with E-state index in [0.29, 0.717) is 0 Å². The zero-order valence-corrected chi connectivity index (χ0v) is 14.3. The van der Waals surface area contributed by atoms with E-state index in [2.05, 4.69) is 37.8 Å². The molecule has 0 radical (unpaired) electrons. The highest BCUT2D eigenvalue weighted by molar-refractivity contribution is 6.30. The normalized spacial score (nSPS) is 23.8. The molecular formula is C18H29ClN2. The summed E-state index contributed by atoms with van der Waals surface area (Å²) >= 11 is 6.17. The Morgan fingerprint density at radius 1 is 1.19 bits per heavy atom. The number of nitrogens with zero attached hydrogens (tertiary/aromatic N) is 1. The van der Waals surface area contributed by atoms with Crippen molar-refractivity contribution in [2.45, 2.75) is 52.1 Å². The molecule has 21 heavy (non-hydrogen) atoms. The van der Waals surface area contributed by atoms with E-state index in [1.807, 2.05) is 12.1 Å². The summed E-state index contributed by atoms with van der Waals surface area (Å²) in [5.74, 6) is 1.63. The van der Waals surface area contributed by atoms with Gasteiger partial charge >= 0.3 is 0 Å². The summed E-state index contributed by atoms with van der Waals surface area (Å²) in [6, 6.07) is 8.57. The van der Waals surface area contributed by atoms with E-state index in [0.717, 1.165) is 29.9 Å². The van der Waals surface area contributed by atoms with Crippen LogP contribution in [-0.4, -0.2) is 24.0 Å². The molecule has 2 N–H and O–H groups in total. The Bertz CT molecular complexity index is 445. The molecule has 0 aromatic heterocycles. The second-order valence-corrected chi connectivity index (χ2v) is 7.27. The van der Waals surface area contributed by atoms with Gasteiger partial charge in [0.15, 0.2) is 0 Å². The molecule has 3 unspecified atom stereocenters. The second-order valence-electron chi connectivity index (χ2n) is 6.83. The Kier molecular flexibility index (Phi) is 6.09. The standard InChI is InChI=1S/C18H29ClN2/c1-13(2)15-7-5-10-21(11-9-15)18(14(3)20)16-6-4-8-17(19)12-16/h4,6,8,12-15,18H,5,7,9-11,20H2,1-3H3. The SMILES string of the molecule is CC(C)C1CCCN(C(c2cccc(Cl)c2)C(C)N)CC1. The molecule has 2 rings (SSSR count). The average molecular weight is 309 g/mol. The van der Waals surface area contributed by atoms with Gasteiger partial charge in [-0.15, -0.1) is 0 Å². The molecule has 0 amide bonds. The van der Waals surface area contributed by atoms with Crippen LogP contribution in [0.3, 0.4) is 0 Å². The van der Waals surface area contributed by atoms with Crippen LogP contribution < -0.4 is 5.73 Å². The maximum atomic E-state index is 6.31. The smallest absolute Gasteiger partial charge is 0.0496 e. The van der Waals surface area contributed by atoms with Crippen molar-refractivity contribution in [3.8, 4) is 0 Å². The van der Waals surface area contributed by atoms with Crippen LogP contribution in [0.4, 0.5) is 0 Å². The summed E-state index contributed by atoms with van der Waals surface area (Å²) in [4.78, 5) is 2.57. The van der Waals surface area contributed by atoms with Crippen molar-refractivity contribution in [2.24, 2.45) is 17.6 Å². The minimum Gasteiger partial charge on any atom is -0.326 e. The monoisotopic (exact) mass is 308 g/mol. The van der Waals surface area contributed by atoms with Crippen LogP contribution in [0.25, 0.3) is 0 Å². The van der Waals surface area contributed by atoms with Crippen LogP contribution in [0.2, 0.25) is 5.02 Å². The van der Waals surface area contributed by atoms with Crippen molar-refractivity contribution >= 4 is 11.6 Å². The lowest BCUT2D eigenvalue weighted by atomic mass is 9.89. The third kappa shape index (κ3) is 4.45. The van der Waals surface area contributed by atoms with Crippen molar-refractivity contribution in [1.82, 2.24) is 4.90 Å². The minimum atomic E-state index is 0.110. The van der Waals surface area contributed by atoms with Gasteiger partial charge in [0.25, 0.3) is 0 Å². The number of halogens is 1. The minimum absolute atomic E-state index is 0.110. The van der Waals surface area contributed by atoms with Crippen LogP contribution in [0.15, 0.2) is 24.3 Å². The molecule has 118 valence electrons. The molecule has 1 aliphatic heterocycles. The lowest BCUT2D eigenvalue weighted by Gasteiger charge is -2.34. The highest BCUT2D eigenvalue weighted by Gasteiger charge is 2.27. The van der Waals surface area contributed by atoms with E-state index in [1.165, 1.54) is 24.8 Å². The fourth-order valence-corrected chi connectivity index (χ4v) is 3.83. The van der Waals surface area contributed by atoms with Gasteiger partial charge in [-0.05, 0) is 68.8 Å². The highest BCUT2D eigenvalue weighted by Crippen LogP contribution is 2.31. The van der Waals surface area contributed by atoms with Crippen molar-refractivity contribution in [3.63, 3.8) is 0 Å². The van der Waals surface area contributed by atoms with Gasteiger partial charge in [-0.3, -0.25) is 4.90 Å². The van der Waals surface area contributed by atoms with Crippen molar-refractivity contribution in [2.75, 3.05) is 13.1 Å². The third-order valence-corrected chi connectivity index (χ3v) is 5.07. The van der Waals surface area contributed by atoms with Gasteiger partial charge < -0.3 is 5.73 Å². The zero-order chi connectivity index (χ0) is 15.4. The first kappa shape index (κ1) is 16.8. The van der Waals surface area contributed by atoms with Gasteiger partial charge in [-0.2, -0.15) is 0 Å². The van der Waals surface area contributed by atoms with Crippen LogP contribution >= 0.6 is 11.6 Å². The molecule has 1 fully saturated rings. The average Bonchev–Trinajstić information content (AvgIpc) is 2.64. The van der Waals surface area contributed by atoms with Gasteiger partial charge in [-0.1, -0.05) is 37.6 Å². The molecular weight excluding hydrogens is 280 g/mol. The molecule has 0 saturated carbocycles. The van der Waals surface area contributed by atoms with Crippen molar-refractivity contribution < 1.29 is 0 Å². The summed E-state index contributed by atoms with van der Waals surface area (Å²) in [6.45, 7) is 9.08. The Labute approximate surface area is 134 Å². The first-order valence-electron chi connectivity index (χ1n) is 8.24. The van der Waals surface area contributed by atoms with Crippen LogP contribution in [0.1, 0.15) is 51.6 Å². The number of hydrogen-bond acceptors (Lipinski definition) is 2.